The molecule has 3 saturated heterocycles. The molecule has 3 N–H and O–H groups in total. The summed E-state index contributed by atoms with van der Waals surface area (Å²) in [5, 5.41) is 15.4. The van der Waals surface area contributed by atoms with Crippen LogP contribution in [0.1, 0.15) is 80.3 Å². The molecule has 0 radical (unpaired) electrons. The van der Waals surface area contributed by atoms with Crippen LogP contribution in [0.2, 0.25) is 0 Å². The molecule has 50 heavy (non-hydrogen) atoms. The highest BCUT2D eigenvalue weighted by Crippen LogP contribution is 2.34. The fourth-order valence-corrected chi connectivity index (χ4v) is 9.62. The summed E-state index contributed by atoms with van der Waals surface area (Å²) < 4.78 is 28.3. The molecular weight excluding hydrogens is 660 g/mol. The van der Waals surface area contributed by atoms with Gasteiger partial charge < -0.3 is 30.4 Å². The number of aliphatic hydroxyl groups is 1. The lowest BCUT2D eigenvalue weighted by Gasteiger charge is -2.41. The van der Waals surface area contributed by atoms with Gasteiger partial charge in [-0.25, -0.2) is 8.42 Å². The van der Waals surface area contributed by atoms with Gasteiger partial charge in [0.2, 0.25) is 27.7 Å². The van der Waals surface area contributed by atoms with Gasteiger partial charge in [0, 0.05) is 73.1 Å². The third kappa shape index (κ3) is 7.31. The maximum atomic E-state index is 13.5. The first-order valence-corrected chi connectivity index (χ1v) is 19.0. The van der Waals surface area contributed by atoms with Crippen LogP contribution in [0.3, 0.4) is 0 Å². The van der Waals surface area contributed by atoms with Crippen LogP contribution in [0.25, 0.3) is 0 Å². The molecule has 0 aliphatic carbocycles. The maximum Gasteiger partial charge on any atom is 0.255 e. The van der Waals surface area contributed by atoms with Gasteiger partial charge in [0.05, 0.1) is 18.0 Å². The molecular formula is C36H46N6O7S. The monoisotopic (exact) mass is 706 g/mol. The molecule has 0 saturated carbocycles. The third-order valence-corrected chi connectivity index (χ3v) is 12.6. The van der Waals surface area contributed by atoms with Crippen molar-refractivity contribution in [3.8, 4) is 0 Å². The zero-order chi connectivity index (χ0) is 35.8. The molecule has 4 amide bonds. The van der Waals surface area contributed by atoms with Crippen LogP contribution >= 0.6 is 0 Å². The predicted molar refractivity (Wildman–Crippen MR) is 186 cm³/mol. The number of likely N-dealkylation sites (tertiary alicyclic amines) is 1. The first kappa shape index (κ1) is 35.6. The molecule has 1 unspecified atom stereocenters. The van der Waals surface area contributed by atoms with Crippen molar-refractivity contribution in [2.24, 2.45) is 5.92 Å². The molecule has 6 rings (SSSR count). The Bertz CT molecular complexity index is 1760. The Morgan fingerprint density at radius 1 is 1.10 bits per heavy atom. The Hall–Kier alpha value is -4.19. The van der Waals surface area contributed by atoms with Crippen molar-refractivity contribution in [1.82, 2.24) is 19.4 Å². The van der Waals surface area contributed by atoms with E-state index < -0.39 is 27.8 Å². The Morgan fingerprint density at radius 3 is 2.58 bits per heavy atom. The molecule has 3 fully saturated rings. The second kappa shape index (κ2) is 14.2. The average Bonchev–Trinajstić information content (AvgIpc) is 3.42. The van der Waals surface area contributed by atoms with Crippen molar-refractivity contribution < 1.29 is 32.7 Å². The molecule has 2 aromatic rings. The molecule has 0 aromatic heterocycles. The van der Waals surface area contributed by atoms with E-state index in [1.165, 1.54) is 9.80 Å². The Kier molecular flexibility index (Phi) is 10.1. The number of piperidine rings is 3. The second-order valence-electron chi connectivity index (χ2n) is 14.4. The van der Waals surface area contributed by atoms with Crippen molar-refractivity contribution in [2.45, 2.75) is 88.9 Å². The number of nitrogens with one attached hydrogen (secondary N) is 2. The Morgan fingerprint density at radius 2 is 1.86 bits per heavy atom. The largest absolute Gasteiger partial charge is 0.376 e. The van der Waals surface area contributed by atoms with Gasteiger partial charge in [0.15, 0.2) is 0 Å². The van der Waals surface area contributed by atoms with Gasteiger partial charge in [-0.05, 0) is 70.6 Å². The number of fused-ring (bicyclic) bond motifs is 1. The molecule has 0 spiro atoms. The van der Waals surface area contributed by atoms with E-state index in [0.717, 1.165) is 24.8 Å². The topological polar surface area (TPSA) is 160 Å². The summed E-state index contributed by atoms with van der Waals surface area (Å²) in [7, 11) is -1.91. The predicted octanol–water partition coefficient (Wildman–Crippen LogP) is 2.25. The standard InChI is InChI=1S/C36H46N6O7S/c1-36(2)16-4-5-17-42(36)50(48,49)23-24-8-6-9-26(20-24)39(3)34(46)25-14-18-40(19-15-25)32(44)21-37-29-11-7-10-27-28(29)22-41(35(27)47)30-12-13-31(43)38-33(30)45/h7,9-11,20,25,30-31,37,43H,4-5,12-19,21-23H2,1-3H3,(H,38,45)/t30-,31?/m1/s1. The number of rotatable bonds is 9. The first-order chi connectivity index (χ1) is 23.7. The number of anilines is 2. The molecule has 2 atom stereocenters. The lowest BCUT2D eigenvalue weighted by Crippen LogP contribution is -2.54. The van der Waals surface area contributed by atoms with E-state index in [4.69, 9.17) is 0 Å². The maximum absolute atomic E-state index is 13.5. The molecule has 4 heterocycles. The van der Waals surface area contributed by atoms with Gasteiger partial charge in [-0.2, -0.15) is 4.31 Å². The van der Waals surface area contributed by atoms with Gasteiger partial charge in [-0.3, -0.25) is 19.2 Å². The summed E-state index contributed by atoms with van der Waals surface area (Å²) in [6, 6.07) is 13.7. The average molecular weight is 707 g/mol. The van der Waals surface area contributed by atoms with E-state index in [0.29, 0.717) is 67.8 Å². The van der Waals surface area contributed by atoms with E-state index in [2.05, 4.69) is 22.8 Å². The van der Waals surface area contributed by atoms with Crippen molar-refractivity contribution in [1.29, 1.82) is 0 Å². The van der Waals surface area contributed by atoms with Crippen LogP contribution in [0.15, 0.2) is 30.3 Å². The van der Waals surface area contributed by atoms with Gasteiger partial charge >= 0.3 is 0 Å². The summed E-state index contributed by atoms with van der Waals surface area (Å²) in [6.45, 7) is 5.47. The summed E-state index contributed by atoms with van der Waals surface area (Å²) in [5.74, 6) is -1.36. The number of hydrogen-bond donors (Lipinski definition) is 3. The molecule has 4 aliphatic rings. The zero-order valence-electron chi connectivity index (χ0n) is 28.9. The quantitative estimate of drug-likeness (QED) is 0.358. The van der Waals surface area contributed by atoms with Crippen LogP contribution in [0, 0.1) is 18.1 Å². The molecule has 14 heteroatoms. The summed E-state index contributed by atoms with van der Waals surface area (Å²) >= 11 is 0. The third-order valence-electron chi connectivity index (χ3n) is 10.6. The van der Waals surface area contributed by atoms with Gasteiger partial charge in [0.1, 0.15) is 12.3 Å². The number of carbonyl (C=O) groups excluding carboxylic acids is 4. The van der Waals surface area contributed by atoms with Crippen LogP contribution < -0.4 is 15.5 Å². The van der Waals surface area contributed by atoms with Crippen LogP contribution in [-0.2, 0) is 36.7 Å². The van der Waals surface area contributed by atoms with Gasteiger partial charge in [0.25, 0.3) is 5.91 Å². The van der Waals surface area contributed by atoms with E-state index in [9.17, 15) is 32.7 Å². The summed E-state index contributed by atoms with van der Waals surface area (Å²) in [6.07, 6.45) is 3.46. The number of sulfonamides is 1. The Labute approximate surface area is 294 Å². The summed E-state index contributed by atoms with van der Waals surface area (Å²) in [4.78, 5) is 57.2. The minimum absolute atomic E-state index is 0.00983. The fraction of sp³-hybridized carbons (Fsp3) is 0.556. The number of aliphatic hydroxyl groups excluding tert-OH is 1. The van der Waals surface area contributed by atoms with Crippen molar-refractivity contribution >= 4 is 45.0 Å². The van der Waals surface area contributed by atoms with Crippen molar-refractivity contribution in [3.63, 3.8) is 0 Å². The second-order valence-corrected chi connectivity index (χ2v) is 16.3. The molecule has 4 aliphatic heterocycles. The minimum atomic E-state index is -3.58. The van der Waals surface area contributed by atoms with Crippen molar-refractivity contribution in [2.75, 3.05) is 43.4 Å². The lowest BCUT2D eigenvalue weighted by molar-refractivity contribution is -0.133. The summed E-state index contributed by atoms with van der Waals surface area (Å²) in [5.41, 5.74) is 2.43. The number of hydrogen-bond acceptors (Lipinski definition) is 8. The minimum Gasteiger partial charge on any atom is -0.376 e. The zero-order valence-corrected chi connectivity index (χ0v) is 29.7. The highest BCUT2D eigenvalue weighted by Gasteiger charge is 2.40. The van der Waals surface area contributed by atoms with Crippen LogP contribution in [0.4, 0.5) is 11.4 Å². The van der Waals surface area contributed by atoms with E-state index in [-0.39, 0.29) is 48.4 Å². The smallest absolute Gasteiger partial charge is 0.255 e. The molecule has 268 valence electrons. The number of benzene rings is 1. The van der Waals surface area contributed by atoms with Gasteiger partial charge in [-0.15, -0.1) is 0 Å². The Balaban J connectivity index is 1.01. The highest BCUT2D eigenvalue weighted by molar-refractivity contribution is 7.88. The first-order valence-electron chi connectivity index (χ1n) is 17.4. The van der Waals surface area contributed by atoms with Crippen molar-refractivity contribution in [3.05, 3.63) is 59.2 Å². The number of nitrogens with zero attached hydrogens (tertiary/aromatic N) is 4. The van der Waals surface area contributed by atoms with Gasteiger partial charge in [-0.1, -0.05) is 24.6 Å². The number of amides is 4. The highest BCUT2D eigenvalue weighted by atomic mass is 32.2. The normalized spacial score (nSPS) is 22.8. The molecule has 0 bridgehead atoms. The van der Waals surface area contributed by atoms with Crippen LogP contribution in [0.5, 0.6) is 0 Å². The fourth-order valence-electron chi connectivity index (χ4n) is 7.67. The van der Waals surface area contributed by atoms with E-state index >= 15 is 0 Å². The van der Waals surface area contributed by atoms with Crippen LogP contribution in [-0.4, -0.2) is 102 Å². The SMILES string of the molecule is CN(C(=O)C1CCN(C(=O)CNc2cccc3c2CN([C@@H]2CCC(O)NC2=O)C3=O)CC1)c1cc#cc(CS(=O)(=O)N2CCCCC2(C)C)c1. The molecule has 2 aromatic carbocycles. The molecule has 13 nitrogen and oxygen atoms in total. The van der Waals surface area contributed by atoms with E-state index in [1.807, 2.05) is 19.9 Å². The number of carbonyl (C=O) groups is 4. The lowest BCUT2D eigenvalue weighted by atomic mass is 9.93. The van der Waals surface area contributed by atoms with E-state index in [1.54, 1.807) is 40.5 Å².